The van der Waals surface area contributed by atoms with Gasteiger partial charge >= 0.3 is 5.97 Å². The number of ketones is 1. The Bertz CT molecular complexity index is 946. The molecule has 33 heavy (non-hydrogen) atoms. The smallest absolute Gasteiger partial charge is 0.337 e. The van der Waals surface area contributed by atoms with E-state index < -0.39 is 46.8 Å². The number of amides is 1. The maximum absolute atomic E-state index is 12.8. The molecule has 0 aliphatic carbocycles. The summed E-state index contributed by atoms with van der Waals surface area (Å²) in [7, 11) is 1.23. The topological polar surface area (TPSA) is 163 Å². The van der Waals surface area contributed by atoms with Crippen molar-refractivity contribution in [2.45, 2.75) is 63.3 Å². The summed E-state index contributed by atoms with van der Waals surface area (Å²) in [6.45, 7) is 5.91. The number of fused-ring (bicyclic) bond motifs is 1. The number of carbonyl (C=O) groups excluding carboxylic acids is 3. The minimum Gasteiger partial charge on any atom is -0.465 e. The van der Waals surface area contributed by atoms with Gasteiger partial charge < -0.3 is 35.2 Å². The fraction of sp³-hybridized carbons (Fsp3) is 0.522. The van der Waals surface area contributed by atoms with Gasteiger partial charge in [-0.05, 0) is 44.9 Å². The van der Waals surface area contributed by atoms with E-state index >= 15 is 0 Å². The molecule has 0 unspecified atom stereocenters. The van der Waals surface area contributed by atoms with Gasteiger partial charge in [-0.15, -0.1) is 0 Å². The molecule has 1 amide bonds. The van der Waals surface area contributed by atoms with Crippen molar-refractivity contribution in [3.63, 3.8) is 0 Å². The third-order valence-corrected chi connectivity index (χ3v) is 5.84. The molecule has 0 saturated carbocycles. The van der Waals surface area contributed by atoms with Crippen LogP contribution in [-0.2, 0) is 23.9 Å². The Kier molecular flexibility index (Phi) is 7.82. The summed E-state index contributed by atoms with van der Waals surface area (Å²) < 4.78 is 9.90. The number of hydrogen-bond donors (Lipinski definition) is 5. The van der Waals surface area contributed by atoms with Crippen LogP contribution in [0.4, 0.5) is 0 Å². The minimum atomic E-state index is -2.59. The van der Waals surface area contributed by atoms with Gasteiger partial charge in [-0.2, -0.15) is 0 Å². The van der Waals surface area contributed by atoms with E-state index in [0.29, 0.717) is 0 Å². The lowest BCUT2D eigenvalue weighted by atomic mass is 9.86. The van der Waals surface area contributed by atoms with Gasteiger partial charge in [0.2, 0.25) is 11.4 Å². The third kappa shape index (κ3) is 4.99. The second kappa shape index (κ2) is 9.70. The van der Waals surface area contributed by atoms with Crippen LogP contribution in [0.2, 0.25) is 0 Å². The largest absolute Gasteiger partial charge is 0.465 e. The lowest BCUT2D eigenvalue weighted by molar-refractivity contribution is -0.160. The highest BCUT2D eigenvalue weighted by molar-refractivity contribution is 6.18. The van der Waals surface area contributed by atoms with Crippen molar-refractivity contribution in [3.8, 4) is 0 Å². The van der Waals surface area contributed by atoms with Gasteiger partial charge in [0.05, 0.1) is 19.3 Å². The molecule has 0 aromatic rings. The molecule has 5 atom stereocenters. The van der Waals surface area contributed by atoms with Crippen LogP contribution >= 0.6 is 0 Å². The van der Waals surface area contributed by atoms with E-state index in [1.807, 2.05) is 0 Å². The number of carbonyl (C=O) groups is 3. The number of aliphatic hydroxyl groups excluding tert-OH is 1. The first-order chi connectivity index (χ1) is 15.2. The number of ether oxygens (including phenoxy) is 2. The average molecular weight is 465 g/mol. The molecule has 0 aromatic heterocycles. The number of rotatable bonds is 8. The first-order valence-corrected chi connectivity index (χ1v) is 10.4. The van der Waals surface area contributed by atoms with Gasteiger partial charge in [0, 0.05) is 6.42 Å². The summed E-state index contributed by atoms with van der Waals surface area (Å²) >= 11 is 0. The predicted octanol–water partition coefficient (Wildman–Crippen LogP) is -0.426. The lowest BCUT2D eigenvalue weighted by Gasteiger charge is -2.27. The Labute approximate surface area is 191 Å². The fourth-order valence-electron chi connectivity index (χ4n) is 3.85. The molecule has 0 radical (unpaired) electrons. The van der Waals surface area contributed by atoms with E-state index in [1.165, 1.54) is 58.3 Å². The summed E-state index contributed by atoms with van der Waals surface area (Å²) in [6.07, 6.45) is 3.87. The second-order valence-electron chi connectivity index (χ2n) is 8.44. The molecule has 2 heterocycles. The zero-order chi connectivity index (χ0) is 25.2. The number of hydrogen-bond acceptors (Lipinski definition) is 9. The quantitative estimate of drug-likeness (QED) is 0.139. The van der Waals surface area contributed by atoms with Crippen LogP contribution in [0.5, 0.6) is 0 Å². The van der Waals surface area contributed by atoms with E-state index in [-0.39, 0.29) is 29.7 Å². The predicted molar refractivity (Wildman–Crippen MR) is 116 cm³/mol. The van der Waals surface area contributed by atoms with Crippen LogP contribution in [0.25, 0.3) is 0 Å². The Morgan fingerprint density at radius 1 is 1.33 bits per heavy atom. The molecule has 10 nitrogen and oxygen atoms in total. The van der Waals surface area contributed by atoms with Crippen LogP contribution in [0.1, 0.15) is 34.1 Å². The average Bonchev–Trinajstić information content (AvgIpc) is 3.23. The van der Waals surface area contributed by atoms with E-state index in [2.05, 4.69) is 10.1 Å². The number of aliphatic hydroxyl groups is 4. The highest BCUT2D eigenvalue weighted by Gasteiger charge is 2.68. The van der Waals surface area contributed by atoms with Gasteiger partial charge in [0.25, 0.3) is 5.91 Å². The molecular formula is C23H31NO9. The normalized spacial score (nSPS) is 31.2. The monoisotopic (exact) mass is 465 g/mol. The van der Waals surface area contributed by atoms with Crippen LogP contribution in [-0.4, -0.2) is 80.9 Å². The highest BCUT2D eigenvalue weighted by Crippen LogP contribution is 2.39. The Morgan fingerprint density at radius 3 is 2.55 bits per heavy atom. The zero-order valence-electron chi connectivity index (χ0n) is 19.3. The van der Waals surface area contributed by atoms with Gasteiger partial charge in [0.15, 0.2) is 11.8 Å². The van der Waals surface area contributed by atoms with Gasteiger partial charge in [-0.25, -0.2) is 4.79 Å². The van der Waals surface area contributed by atoms with Crippen molar-refractivity contribution < 1.29 is 44.3 Å². The standard InChI is InChI=1S/C23H31NO9/c1-6-15(18(27)32-5)12-14(3)16(25)21(4,29)9-7-8-13(2)17(26)23(31)19-22(30,10-11-33-19)24-20(23)28/h6-9,12,16,19,25,29-31H,10-11H2,1-5H3,(H,24,28)/b9-7+,13-8+,14-12+,15-6+/t16-,19+,21-,22+,23+/m1/s1. The molecule has 0 bridgehead atoms. The molecule has 2 rings (SSSR count). The maximum Gasteiger partial charge on any atom is 0.337 e. The number of nitrogens with one attached hydrogen (secondary N) is 1. The van der Waals surface area contributed by atoms with Gasteiger partial charge in [0.1, 0.15) is 11.7 Å². The van der Waals surface area contributed by atoms with E-state index in [0.717, 1.165) is 0 Å². The van der Waals surface area contributed by atoms with E-state index in [1.54, 1.807) is 6.92 Å². The number of methoxy groups -OCH3 is 1. The first kappa shape index (κ1) is 26.6. The maximum atomic E-state index is 12.8. The fourth-order valence-corrected chi connectivity index (χ4v) is 3.85. The first-order valence-electron chi connectivity index (χ1n) is 10.4. The molecular weight excluding hydrogens is 434 g/mol. The van der Waals surface area contributed by atoms with Crippen molar-refractivity contribution >= 4 is 17.7 Å². The highest BCUT2D eigenvalue weighted by atomic mass is 16.5. The van der Waals surface area contributed by atoms with Crippen LogP contribution in [0.15, 0.2) is 47.1 Å². The van der Waals surface area contributed by atoms with Crippen LogP contribution < -0.4 is 5.32 Å². The summed E-state index contributed by atoms with van der Waals surface area (Å²) in [5, 5.41) is 44.6. The summed E-state index contributed by atoms with van der Waals surface area (Å²) in [4.78, 5) is 36.8. The molecule has 2 saturated heterocycles. The molecule has 182 valence electrons. The molecule has 5 N–H and O–H groups in total. The van der Waals surface area contributed by atoms with Gasteiger partial charge in [-0.1, -0.05) is 24.3 Å². The van der Waals surface area contributed by atoms with E-state index in [9.17, 15) is 34.8 Å². The molecule has 10 heteroatoms. The van der Waals surface area contributed by atoms with Crippen molar-refractivity contribution in [2.24, 2.45) is 0 Å². The summed E-state index contributed by atoms with van der Waals surface area (Å²) in [5.41, 5.74) is -5.74. The van der Waals surface area contributed by atoms with E-state index in [4.69, 9.17) is 4.74 Å². The van der Waals surface area contributed by atoms with Crippen molar-refractivity contribution in [2.75, 3.05) is 13.7 Å². The molecule has 2 aliphatic rings. The third-order valence-electron chi connectivity index (χ3n) is 5.84. The Morgan fingerprint density at radius 2 is 1.97 bits per heavy atom. The summed E-state index contributed by atoms with van der Waals surface area (Å²) in [6, 6.07) is 0. The van der Waals surface area contributed by atoms with Crippen LogP contribution in [0.3, 0.4) is 0 Å². The Hall–Kier alpha value is -2.63. The molecule has 2 aliphatic heterocycles. The minimum absolute atomic E-state index is 0.0388. The number of allylic oxidation sites excluding steroid dienone is 3. The summed E-state index contributed by atoms with van der Waals surface area (Å²) in [5.74, 6) is -2.60. The number of esters is 1. The lowest BCUT2D eigenvalue weighted by Crippen LogP contribution is -2.55. The van der Waals surface area contributed by atoms with Crippen LogP contribution in [0, 0.1) is 0 Å². The van der Waals surface area contributed by atoms with Crippen molar-refractivity contribution in [1.82, 2.24) is 5.32 Å². The van der Waals surface area contributed by atoms with Gasteiger partial charge in [-0.3, -0.25) is 9.59 Å². The van der Waals surface area contributed by atoms with Crippen molar-refractivity contribution in [3.05, 3.63) is 47.1 Å². The Balaban J connectivity index is 2.19. The molecule has 0 spiro atoms. The SMILES string of the molecule is C/C=C(\C=C(/C)[C@@H](O)[C@](C)(O)/C=C/C=C(\C)C(=O)[C@@]1(O)C(=O)N[C@]2(O)CCO[C@H]12)C(=O)OC. The second-order valence-corrected chi connectivity index (χ2v) is 8.44. The number of Topliss-reactive ketones (excluding diaryl/α,β-unsaturated/α-hetero) is 1. The zero-order valence-corrected chi connectivity index (χ0v) is 19.3. The molecule has 2 fully saturated rings. The van der Waals surface area contributed by atoms with Crippen molar-refractivity contribution in [1.29, 1.82) is 0 Å². The molecule has 0 aromatic carbocycles.